The van der Waals surface area contributed by atoms with Crippen molar-refractivity contribution in [3.8, 4) is 34.0 Å². The Morgan fingerprint density at radius 2 is 1.47 bits per heavy atom. The lowest BCUT2D eigenvalue weighted by Crippen LogP contribution is -2.33. The van der Waals surface area contributed by atoms with E-state index in [-0.39, 0.29) is 6.10 Å². The van der Waals surface area contributed by atoms with Gasteiger partial charge in [0.05, 0.1) is 19.3 Å². The molecule has 7 heteroatoms. The normalized spacial score (nSPS) is 12.0. The van der Waals surface area contributed by atoms with E-state index in [1.54, 1.807) is 14.0 Å². The van der Waals surface area contributed by atoms with Crippen molar-refractivity contribution in [1.29, 1.82) is 0 Å². The number of benzene rings is 2. The number of ether oxygens (including phenoxy) is 2. The average molecular weight is 437 g/mol. The third-order valence-electron chi connectivity index (χ3n) is 4.80. The van der Waals surface area contributed by atoms with E-state index in [4.69, 9.17) is 14.5 Å². The van der Waals surface area contributed by atoms with Gasteiger partial charge < -0.3 is 19.5 Å². The molecule has 170 valence electrons. The second-order valence-electron chi connectivity index (χ2n) is 8.02. The number of nitrogens with zero attached hydrogens (tertiary/aromatic N) is 4. The predicted octanol–water partition coefficient (Wildman–Crippen LogP) is 4.60. The summed E-state index contributed by atoms with van der Waals surface area (Å²) < 4.78 is 11.1. The van der Waals surface area contributed by atoms with Crippen LogP contribution in [0.4, 0.5) is 5.95 Å². The number of methoxy groups -OCH3 is 1. The van der Waals surface area contributed by atoms with Gasteiger partial charge in [0.1, 0.15) is 22.9 Å². The van der Waals surface area contributed by atoms with E-state index in [0.717, 1.165) is 41.3 Å². The highest BCUT2D eigenvalue weighted by molar-refractivity contribution is 5.78. The van der Waals surface area contributed by atoms with Crippen LogP contribution in [0.1, 0.15) is 34.1 Å². The number of aliphatic hydroxyl groups is 1. The third-order valence-corrected chi connectivity index (χ3v) is 4.80. The van der Waals surface area contributed by atoms with Crippen molar-refractivity contribution in [3.05, 3.63) is 48.5 Å². The summed E-state index contributed by atoms with van der Waals surface area (Å²) >= 11 is 0. The first-order valence-electron chi connectivity index (χ1n) is 11.0. The van der Waals surface area contributed by atoms with Crippen molar-refractivity contribution in [2.75, 3.05) is 25.1 Å². The van der Waals surface area contributed by atoms with Crippen LogP contribution in [-0.2, 0) is 0 Å². The molecule has 3 aromatic rings. The van der Waals surface area contributed by atoms with Crippen molar-refractivity contribution < 1.29 is 14.6 Å². The molecule has 0 saturated heterocycles. The molecule has 1 aromatic heterocycles. The molecule has 1 atom stereocenters. The molecule has 0 amide bonds. The number of anilines is 1. The fraction of sp³-hybridized carbons (Fsp3) is 0.400. The number of rotatable bonds is 10. The molecule has 3 rings (SSSR count). The van der Waals surface area contributed by atoms with E-state index in [9.17, 15) is 5.11 Å². The standard InChI is InChI=1S/C25H32N4O3/c1-6-15-29(16-18(4)30)25-26-23(19-7-11-21(31-5)12-8-19)24(27-28-25)20-9-13-22(14-10-20)32-17(2)3/h7-14,17-18,30H,6,15-16H2,1-5H3. The Morgan fingerprint density at radius 1 is 0.875 bits per heavy atom. The number of hydrogen-bond acceptors (Lipinski definition) is 7. The average Bonchev–Trinajstić information content (AvgIpc) is 2.78. The summed E-state index contributed by atoms with van der Waals surface area (Å²) in [5.41, 5.74) is 3.22. The van der Waals surface area contributed by atoms with Crippen LogP contribution in [-0.4, -0.2) is 52.7 Å². The zero-order valence-corrected chi connectivity index (χ0v) is 19.4. The van der Waals surface area contributed by atoms with Crippen molar-refractivity contribution >= 4 is 5.95 Å². The van der Waals surface area contributed by atoms with E-state index < -0.39 is 6.10 Å². The Balaban J connectivity index is 2.07. The van der Waals surface area contributed by atoms with E-state index in [1.807, 2.05) is 67.3 Å². The highest BCUT2D eigenvalue weighted by atomic mass is 16.5. The molecular weight excluding hydrogens is 404 g/mol. The minimum Gasteiger partial charge on any atom is -0.497 e. The molecular formula is C25H32N4O3. The molecule has 32 heavy (non-hydrogen) atoms. The Bertz CT molecular complexity index is 989. The van der Waals surface area contributed by atoms with Crippen molar-refractivity contribution in [2.45, 2.75) is 46.3 Å². The van der Waals surface area contributed by atoms with Crippen molar-refractivity contribution in [2.24, 2.45) is 0 Å². The van der Waals surface area contributed by atoms with E-state index in [1.165, 1.54) is 0 Å². The largest absolute Gasteiger partial charge is 0.497 e. The van der Waals surface area contributed by atoms with Crippen LogP contribution in [0.2, 0.25) is 0 Å². The highest BCUT2D eigenvalue weighted by Crippen LogP contribution is 2.32. The monoisotopic (exact) mass is 436 g/mol. The van der Waals surface area contributed by atoms with Gasteiger partial charge in [0, 0.05) is 24.2 Å². The molecule has 0 aliphatic heterocycles. The molecule has 0 saturated carbocycles. The number of aliphatic hydroxyl groups excluding tert-OH is 1. The molecule has 0 aliphatic rings. The number of aromatic nitrogens is 3. The van der Waals surface area contributed by atoms with Crippen LogP contribution >= 0.6 is 0 Å². The van der Waals surface area contributed by atoms with Crippen LogP contribution in [0.5, 0.6) is 11.5 Å². The molecule has 0 aliphatic carbocycles. The lowest BCUT2D eigenvalue weighted by Gasteiger charge is -2.23. The molecule has 1 N–H and O–H groups in total. The fourth-order valence-corrected chi connectivity index (χ4v) is 3.42. The van der Waals surface area contributed by atoms with Crippen LogP contribution in [0.15, 0.2) is 48.5 Å². The van der Waals surface area contributed by atoms with Crippen molar-refractivity contribution in [1.82, 2.24) is 15.2 Å². The summed E-state index contributed by atoms with van der Waals surface area (Å²) in [4.78, 5) is 6.85. The van der Waals surface area contributed by atoms with Crippen LogP contribution in [0.3, 0.4) is 0 Å². The van der Waals surface area contributed by atoms with E-state index in [0.29, 0.717) is 18.2 Å². The first-order chi connectivity index (χ1) is 15.4. The summed E-state index contributed by atoms with van der Waals surface area (Å²) in [5, 5.41) is 18.9. The van der Waals surface area contributed by atoms with Crippen LogP contribution in [0.25, 0.3) is 22.5 Å². The quantitative estimate of drug-likeness (QED) is 0.497. The van der Waals surface area contributed by atoms with Gasteiger partial charge >= 0.3 is 0 Å². The highest BCUT2D eigenvalue weighted by Gasteiger charge is 2.18. The second-order valence-corrected chi connectivity index (χ2v) is 8.02. The summed E-state index contributed by atoms with van der Waals surface area (Å²) in [6, 6.07) is 15.5. The second kappa shape index (κ2) is 10.9. The maximum Gasteiger partial charge on any atom is 0.246 e. The maximum atomic E-state index is 9.93. The van der Waals surface area contributed by atoms with Crippen LogP contribution in [0, 0.1) is 0 Å². The minimum absolute atomic E-state index is 0.106. The SMILES string of the molecule is CCCN(CC(C)O)c1nnc(-c2ccc(OC(C)C)cc2)c(-c2ccc(OC)cc2)n1. The Labute approximate surface area is 190 Å². The Morgan fingerprint density at radius 3 is 2.00 bits per heavy atom. The lowest BCUT2D eigenvalue weighted by atomic mass is 10.0. The van der Waals surface area contributed by atoms with Gasteiger partial charge in [-0.15, -0.1) is 10.2 Å². The minimum atomic E-state index is -0.497. The molecule has 1 unspecified atom stereocenters. The molecule has 0 radical (unpaired) electrons. The Hall–Kier alpha value is -3.19. The predicted molar refractivity (Wildman–Crippen MR) is 127 cm³/mol. The molecule has 0 spiro atoms. The van der Waals surface area contributed by atoms with E-state index in [2.05, 4.69) is 17.1 Å². The van der Waals surface area contributed by atoms with Crippen molar-refractivity contribution in [3.63, 3.8) is 0 Å². The van der Waals surface area contributed by atoms with Gasteiger partial charge in [-0.3, -0.25) is 0 Å². The molecule has 7 nitrogen and oxygen atoms in total. The van der Waals surface area contributed by atoms with Gasteiger partial charge in [-0.2, -0.15) is 0 Å². The smallest absolute Gasteiger partial charge is 0.246 e. The van der Waals surface area contributed by atoms with Gasteiger partial charge in [-0.25, -0.2) is 4.98 Å². The van der Waals surface area contributed by atoms with Gasteiger partial charge in [-0.05, 0) is 75.7 Å². The van der Waals surface area contributed by atoms with Gasteiger partial charge in [0.15, 0.2) is 0 Å². The number of hydrogen-bond donors (Lipinski definition) is 1. The molecule has 1 heterocycles. The molecule has 2 aromatic carbocycles. The zero-order valence-electron chi connectivity index (χ0n) is 19.4. The van der Waals surface area contributed by atoms with E-state index >= 15 is 0 Å². The third kappa shape index (κ3) is 5.95. The van der Waals surface area contributed by atoms with Gasteiger partial charge in [-0.1, -0.05) is 6.92 Å². The first-order valence-corrected chi connectivity index (χ1v) is 11.0. The Kier molecular flexibility index (Phi) is 8.00. The lowest BCUT2D eigenvalue weighted by molar-refractivity contribution is 0.199. The van der Waals surface area contributed by atoms with Gasteiger partial charge in [0.25, 0.3) is 0 Å². The molecule has 0 bridgehead atoms. The summed E-state index contributed by atoms with van der Waals surface area (Å²) in [5.74, 6) is 2.08. The van der Waals surface area contributed by atoms with Gasteiger partial charge in [0.2, 0.25) is 5.95 Å². The summed E-state index contributed by atoms with van der Waals surface area (Å²) in [6.45, 7) is 9.02. The molecule has 0 fully saturated rings. The fourth-order valence-electron chi connectivity index (χ4n) is 3.42. The topological polar surface area (TPSA) is 80.6 Å². The summed E-state index contributed by atoms with van der Waals surface area (Å²) in [7, 11) is 1.64. The maximum absolute atomic E-state index is 9.93. The zero-order chi connectivity index (χ0) is 23.1. The van der Waals surface area contributed by atoms with Crippen LogP contribution < -0.4 is 14.4 Å². The summed E-state index contributed by atoms with van der Waals surface area (Å²) in [6.07, 6.45) is 0.519. The first kappa shape index (κ1) is 23.5.